The molecule has 1 aliphatic rings. The Labute approximate surface area is 154 Å². The molecule has 26 heavy (non-hydrogen) atoms. The third-order valence-electron chi connectivity index (χ3n) is 3.78. The van der Waals surface area contributed by atoms with Crippen LogP contribution in [-0.2, 0) is 11.3 Å². The highest BCUT2D eigenvalue weighted by Crippen LogP contribution is 2.34. The number of carbonyl (C=O) groups excluding carboxylic acids is 2. The van der Waals surface area contributed by atoms with E-state index in [1.807, 2.05) is 0 Å². The third kappa shape index (κ3) is 3.63. The van der Waals surface area contributed by atoms with E-state index in [0.29, 0.717) is 11.1 Å². The van der Waals surface area contributed by atoms with Crippen LogP contribution in [0.3, 0.4) is 0 Å². The summed E-state index contributed by atoms with van der Waals surface area (Å²) in [6.45, 7) is 0.143. The van der Waals surface area contributed by atoms with Crippen molar-refractivity contribution in [3.63, 3.8) is 0 Å². The second-order valence-electron chi connectivity index (χ2n) is 5.51. The molecule has 4 nitrogen and oxygen atoms in total. The van der Waals surface area contributed by atoms with Crippen molar-refractivity contribution in [1.29, 1.82) is 0 Å². The molecule has 6 heteroatoms. The summed E-state index contributed by atoms with van der Waals surface area (Å²) in [6, 6.07) is 11.4. The molecule has 130 valence electrons. The number of terminal acetylenes is 1. The molecule has 0 aromatic heterocycles. The maximum absolute atomic E-state index is 13.5. The first-order chi connectivity index (χ1) is 12.5. The van der Waals surface area contributed by atoms with E-state index in [4.69, 9.17) is 11.2 Å². The van der Waals surface area contributed by atoms with E-state index in [1.165, 1.54) is 25.3 Å². The van der Waals surface area contributed by atoms with E-state index in [-0.39, 0.29) is 22.4 Å². The normalized spacial score (nSPS) is 15.4. The number of ether oxygens (including phenoxy) is 1. The average molecular weight is 367 g/mol. The van der Waals surface area contributed by atoms with Crippen LogP contribution in [0.1, 0.15) is 16.7 Å². The number of imide groups is 1. The standard InChI is InChI=1S/C20H14FNO3S/c1-3-13-5-4-6-15(9-13)12-22-19(23)18(26-20(22)24)11-14-7-8-16(21)17(10-14)25-2/h1,4-11H,12H2,2H3. The molecule has 0 aliphatic carbocycles. The Balaban J connectivity index is 1.83. The lowest BCUT2D eigenvalue weighted by atomic mass is 10.1. The van der Waals surface area contributed by atoms with Crippen LogP contribution in [0.15, 0.2) is 47.4 Å². The first-order valence-electron chi connectivity index (χ1n) is 7.66. The number of hydrogen-bond acceptors (Lipinski definition) is 4. The fraction of sp³-hybridized carbons (Fsp3) is 0.100. The first kappa shape index (κ1) is 17.8. The quantitative estimate of drug-likeness (QED) is 0.604. The second-order valence-corrected chi connectivity index (χ2v) is 6.50. The van der Waals surface area contributed by atoms with Gasteiger partial charge in [0, 0.05) is 5.56 Å². The molecule has 1 fully saturated rings. The van der Waals surface area contributed by atoms with Crippen molar-refractivity contribution >= 4 is 29.0 Å². The minimum Gasteiger partial charge on any atom is -0.494 e. The van der Waals surface area contributed by atoms with Crippen LogP contribution in [0.5, 0.6) is 5.75 Å². The lowest BCUT2D eigenvalue weighted by molar-refractivity contribution is -0.123. The topological polar surface area (TPSA) is 46.6 Å². The molecule has 2 aromatic rings. The van der Waals surface area contributed by atoms with Crippen LogP contribution in [-0.4, -0.2) is 23.2 Å². The van der Waals surface area contributed by atoms with Crippen LogP contribution >= 0.6 is 11.8 Å². The number of thioether (sulfide) groups is 1. The largest absolute Gasteiger partial charge is 0.494 e. The molecule has 0 spiro atoms. The van der Waals surface area contributed by atoms with Gasteiger partial charge < -0.3 is 4.74 Å². The van der Waals surface area contributed by atoms with Crippen LogP contribution in [0.25, 0.3) is 6.08 Å². The molecule has 1 heterocycles. The Morgan fingerprint density at radius 1 is 1.27 bits per heavy atom. The van der Waals surface area contributed by atoms with Gasteiger partial charge >= 0.3 is 0 Å². The molecule has 0 unspecified atom stereocenters. The minimum absolute atomic E-state index is 0.0732. The van der Waals surface area contributed by atoms with Gasteiger partial charge in [-0.25, -0.2) is 4.39 Å². The van der Waals surface area contributed by atoms with Crippen LogP contribution in [0.2, 0.25) is 0 Å². The number of rotatable bonds is 4. The van der Waals surface area contributed by atoms with Gasteiger partial charge in [0.2, 0.25) is 0 Å². The van der Waals surface area contributed by atoms with Crippen LogP contribution in [0, 0.1) is 18.2 Å². The molecular formula is C20H14FNO3S. The number of halogens is 1. The van der Waals surface area contributed by atoms with Crippen LogP contribution < -0.4 is 4.74 Å². The van der Waals surface area contributed by atoms with E-state index in [9.17, 15) is 14.0 Å². The van der Waals surface area contributed by atoms with Crippen molar-refractivity contribution in [2.75, 3.05) is 7.11 Å². The fourth-order valence-electron chi connectivity index (χ4n) is 2.50. The minimum atomic E-state index is -0.494. The summed E-state index contributed by atoms with van der Waals surface area (Å²) in [4.78, 5) is 26.2. The summed E-state index contributed by atoms with van der Waals surface area (Å²) in [5.74, 6) is 1.71. The number of amides is 2. The van der Waals surface area contributed by atoms with Crippen molar-refractivity contribution < 1.29 is 18.7 Å². The van der Waals surface area contributed by atoms with Crippen molar-refractivity contribution in [2.24, 2.45) is 0 Å². The van der Waals surface area contributed by atoms with Gasteiger partial charge in [-0.15, -0.1) is 6.42 Å². The summed E-state index contributed by atoms with van der Waals surface area (Å²) in [5.41, 5.74) is 2.03. The van der Waals surface area contributed by atoms with Gasteiger partial charge in [-0.05, 0) is 53.2 Å². The molecule has 0 saturated carbocycles. The number of methoxy groups -OCH3 is 1. The predicted octanol–water partition coefficient (Wildman–Crippen LogP) is 4.05. The van der Waals surface area contributed by atoms with E-state index in [0.717, 1.165) is 22.2 Å². The van der Waals surface area contributed by atoms with E-state index >= 15 is 0 Å². The van der Waals surface area contributed by atoms with Gasteiger partial charge in [0.1, 0.15) is 0 Å². The highest BCUT2D eigenvalue weighted by Gasteiger charge is 2.35. The smallest absolute Gasteiger partial charge is 0.293 e. The molecule has 0 radical (unpaired) electrons. The Kier molecular flexibility index (Phi) is 5.10. The maximum Gasteiger partial charge on any atom is 0.293 e. The number of hydrogen-bond donors (Lipinski definition) is 0. The Morgan fingerprint density at radius 3 is 2.81 bits per heavy atom. The highest BCUT2D eigenvalue weighted by atomic mass is 32.2. The Hall–Kier alpha value is -3.04. The summed E-state index contributed by atoms with van der Waals surface area (Å²) in [6.07, 6.45) is 6.92. The predicted molar refractivity (Wildman–Crippen MR) is 98.8 cm³/mol. The summed E-state index contributed by atoms with van der Waals surface area (Å²) < 4.78 is 18.4. The molecule has 2 aromatic carbocycles. The Morgan fingerprint density at radius 2 is 2.08 bits per heavy atom. The first-order valence-corrected chi connectivity index (χ1v) is 8.48. The van der Waals surface area contributed by atoms with Crippen molar-refractivity contribution in [3.05, 3.63) is 69.9 Å². The lowest BCUT2D eigenvalue weighted by Gasteiger charge is -2.12. The van der Waals surface area contributed by atoms with Gasteiger partial charge in [0.05, 0.1) is 18.6 Å². The van der Waals surface area contributed by atoms with E-state index in [2.05, 4.69) is 5.92 Å². The zero-order chi connectivity index (χ0) is 18.7. The molecule has 0 bridgehead atoms. The number of carbonyl (C=O) groups is 2. The summed E-state index contributed by atoms with van der Waals surface area (Å²) in [7, 11) is 1.36. The van der Waals surface area contributed by atoms with Crippen molar-refractivity contribution in [2.45, 2.75) is 6.54 Å². The van der Waals surface area contributed by atoms with Gasteiger partial charge in [-0.2, -0.15) is 0 Å². The molecule has 3 rings (SSSR count). The second kappa shape index (κ2) is 7.46. The van der Waals surface area contributed by atoms with E-state index in [1.54, 1.807) is 30.3 Å². The fourth-order valence-corrected chi connectivity index (χ4v) is 3.33. The number of benzene rings is 2. The van der Waals surface area contributed by atoms with Crippen molar-refractivity contribution in [3.8, 4) is 18.1 Å². The molecule has 0 atom stereocenters. The van der Waals surface area contributed by atoms with Crippen molar-refractivity contribution in [1.82, 2.24) is 4.90 Å². The van der Waals surface area contributed by atoms with Crippen LogP contribution in [0.4, 0.5) is 9.18 Å². The molecule has 2 amide bonds. The average Bonchev–Trinajstić information content (AvgIpc) is 2.91. The SMILES string of the molecule is C#Cc1cccc(CN2C(=O)SC(=Cc3ccc(F)c(OC)c3)C2=O)c1. The summed E-state index contributed by atoms with van der Waals surface area (Å²) >= 11 is 0.847. The zero-order valence-corrected chi connectivity index (χ0v) is 14.7. The van der Waals surface area contributed by atoms with Gasteiger partial charge in [0.15, 0.2) is 11.6 Å². The monoisotopic (exact) mass is 367 g/mol. The van der Waals surface area contributed by atoms with Gasteiger partial charge in [0.25, 0.3) is 11.1 Å². The summed E-state index contributed by atoms with van der Waals surface area (Å²) in [5, 5.41) is -0.360. The maximum atomic E-state index is 13.5. The zero-order valence-electron chi connectivity index (χ0n) is 13.9. The van der Waals surface area contributed by atoms with Gasteiger partial charge in [-0.1, -0.05) is 24.1 Å². The molecular weight excluding hydrogens is 353 g/mol. The van der Waals surface area contributed by atoms with Gasteiger partial charge in [-0.3, -0.25) is 14.5 Å². The third-order valence-corrected chi connectivity index (χ3v) is 4.69. The van der Waals surface area contributed by atoms with E-state index < -0.39 is 11.7 Å². The molecule has 1 aliphatic heterocycles. The highest BCUT2D eigenvalue weighted by molar-refractivity contribution is 8.18. The molecule has 0 N–H and O–H groups in total. The lowest BCUT2D eigenvalue weighted by Crippen LogP contribution is -2.27. The number of nitrogens with zero attached hydrogens (tertiary/aromatic N) is 1. The Bertz CT molecular complexity index is 962. The molecule has 1 saturated heterocycles.